The van der Waals surface area contributed by atoms with E-state index in [0.29, 0.717) is 21.5 Å². The van der Waals surface area contributed by atoms with Gasteiger partial charge in [-0.05, 0) is 42.6 Å². The molecule has 0 aliphatic rings. The summed E-state index contributed by atoms with van der Waals surface area (Å²) in [7, 11) is 0. The van der Waals surface area contributed by atoms with Crippen molar-refractivity contribution in [3.8, 4) is 17.1 Å². The van der Waals surface area contributed by atoms with Gasteiger partial charge in [0, 0.05) is 5.69 Å². The number of anilines is 1. The van der Waals surface area contributed by atoms with Gasteiger partial charge in [0.05, 0.1) is 16.9 Å². The van der Waals surface area contributed by atoms with Gasteiger partial charge in [-0.25, -0.2) is 4.39 Å². The van der Waals surface area contributed by atoms with Crippen molar-refractivity contribution < 1.29 is 14.0 Å². The molecule has 0 aliphatic heterocycles. The second kappa shape index (κ2) is 9.33. The van der Waals surface area contributed by atoms with Gasteiger partial charge in [0.25, 0.3) is 5.91 Å². The Labute approximate surface area is 191 Å². The Kier molecular flexibility index (Phi) is 6.33. The molecule has 7 nitrogen and oxygen atoms in total. The van der Waals surface area contributed by atoms with E-state index < -0.39 is 11.7 Å². The minimum absolute atomic E-state index is 0.0113. The number of carbonyl (C=O) groups excluding carboxylic acids is 2. The number of thioether (sulfide) groups is 1. The Morgan fingerprint density at radius 2 is 1.88 bits per heavy atom. The molecular weight excluding hydrogens is 449 g/mol. The molecule has 0 aliphatic carbocycles. The zero-order valence-electron chi connectivity index (χ0n) is 16.9. The van der Waals surface area contributed by atoms with Crippen molar-refractivity contribution in [3.63, 3.8) is 0 Å². The maximum Gasteiger partial charge on any atom is 0.251 e. The molecule has 0 bridgehead atoms. The van der Waals surface area contributed by atoms with Crippen molar-refractivity contribution in [2.75, 3.05) is 11.1 Å². The smallest absolute Gasteiger partial charge is 0.251 e. The molecule has 32 heavy (non-hydrogen) atoms. The highest BCUT2D eigenvalue weighted by atomic mass is 32.2. The maximum atomic E-state index is 14.5. The molecule has 4 aromatic rings. The number of nitrogens with zero attached hydrogens (tertiary/aromatic N) is 3. The first-order valence-electron chi connectivity index (χ1n) is 9.51. The van der Waals surface area contributed by atoms with Crippen LogP contribution in [0.2, 0.25) is 0 Å². The highest BCUT2D eigenvalue weighted by Gasteiger charge is 2.20. The Morgan fingerprint density at radius 3 is 2.59 bits per heavy atom. The second-order valence-corrected chi connectivity index (χ2v) is 8.68. The van der Waals surface area contributed by atoms with Crippen LogP contribution in [0, 0.1) is 12.7 Å². The number of nitrogens with two attached hydrogens (primary N) is 1. The number of hydrogen-bond acceptors (Lipinski definition) is 6. The zero-order valence-corrected chi connectivity index (χ0v) is 18.5. The predicted molar refractivity (Wildman–Crippen MR) is 124 cm³/mol. The van der Waals surface area contributed by atoms with Crippen LogP contribution < -0.4 is 11.1 Å². The van der Waals surface area contributed by atoms with Gasteiger partial charge in [-0.2, -0.15) is 0 Å². The molecule has 162 valence electrons. The third-order valence-electron chi connectivity index (χ3n) is 4.56. The van der Waals surface area contributed by atoms with Crippen molar-refractivity contribution in [1.82, 2.24) is 14.8 Å². The highest BCUT2D eigenvalue weighted by Crippen LogP contribution is 2.30. The fourth-order valence-electron chi connectivity index (χ4n) is 3.00. The molecule has 0 atom stereocenters. The lowest BCUT2D eigenvalue weighted by atomic mass is 10.2. The quantitative estimate of drug-likeness (QED) is 0.395. The molecular formula is C22H18FN5O2S2. The van der Waals surface area contributed by atoms with Crippen LogP contribution in [0.5, 0.6) is 0 Å². The summed E-state index contributed by atoms with van der Waals surface area (Å²) in [4.78, 5) is 23.9. The first-order chi connectivity index (χ1) is 15.4. The average molecular weight is 468 g/mol. The Balaban J connectivity index is 1.62. The van der Waals surface area contributed by atoms with Crippen molar-refractivity contribution >= 4 is 39.9 Å². The number of aromatic nitrogens is 3. The lowest BCUT2D eigenvalue weighted by Gasteiger charge is -2.11. The molecule has 0 saturated heterocycles. The number of primary amides is 1. The largest absolute Gasteiger partial charge is 0.366 e. The number of benzene rings is 2. The minimum atomic E-state index is -0.608. The highest BCUT2D eigenvalue weighted by molar-refractivity contribution is 7.99. The van der Waals surface area contributed by atoms with Gasteiger partial charge in [-0.15, -0.1) is 21.5 Å². The molecule has 0 unspecified atom stereocenters. The van der Waals surface area contributed by atoms with Crippen LogP contribution in [-0.4, -0.2) is 32.3 Å². The van der Waals surface area contributed by atoms with Crippen LogP contribution in [-0.2, 0) is 4.79 Å². The summed E-state index contributed by atoms with van der Waals surface area (Å²) < 4.78 is 16.2. The summed E-state index contributed by atoms with van der Waals surface area (Å²) >= 11 is 2.37. The van der Waals surface area contributed by atoms with E-state index >= 15 is 0 Å². The molecule has 10 heteroatoms. The second-order valence-electron chi connectivity index (χ2n) is 6.82. The van der Waals surface area contributed by atoms with E-state index in [2.05, 4.69) is 15.5 Å². The van der Waals surface area contributed by atoms with Crippen LogP contribution in [0.15, 0.2) is 65.1 Å². The summed E-state index contributed by atoms with van der Waals surface area (Å²) in [6, 6.07) is 15.5. The molecule has 3 N–H and O–H groups in total. The number of aryl methyl sites for hydroxylation is 1. The average Bonchev–Trinajstić information content (AvgIpc) is 3.40. The third kappa shape index (κ3) is 4.56. The summed E-state index contributed by atoms with van der Waals surface area (Å²) in [6.45, 7) is 1.97. The van der Waals surface area contributed by atoms with Crippen LogP contribution in [0.3, 0.4) is 0 Å². The van der Waals surface area contributed by atoms with Crippen molar-refractivity contribution in [1.29, 1.82) is 0 Å². The van der Waals surface area contributed by atoms with Crippen LogP contribution in [0.4, 0.5) is 9.39 Å². The van der Waals surface area contributed by atoms with E-state index in [1.807, 2.05) is 31.2 Å². The van der Waals surface area contributed by atoms with Gasteiger partial charge in [-0.3, -0.25) is 14.2 Å². The zero-order chi connectivity index (χ0) is 22.7. The van der Waals surface area contributed by atoms with Crippen molar-refractivity contribution in [2.24, 2.45) is 5.73 Å². The molecule has 2 heterocycles. The van der Waals surface area contributed by atoms with Gasteiger partial charge in [0.1, 0.15) is 10.8 Å². The lowest BCUT2D eigenvalue weighted by Crippen LogP contribution is -2.18. The molecule has 0 radical (unpaired) electrons. The Bertz CT molecular complexity index is 1280. The normalized spacial score (nSPS) is 10.8. The van der Waals surface area contributed by atoms with E-state index in [0.717, 1.165) is 23.0 Å². The Hall–Kier alpha value is -3.50. The fourth-order valence-corrected chi connectivity index (χ4v) is 4.56. The summed E-state index contributed by atoms with van der Waals surface area (Å²) in [5, 5.41) is 13.6. The standard InChI is InChI=1S/C22H18FN5O2S2/c1-13-6-8-14(9-7-13)28-20(15-4-2-3-5-17(15)23)26-27-22(28)32-12-18(29)25-21-16(19(24)30)10-11-31-21/h2-11H,12H2,1H3,(H2,24,30)(H,25,29). The van der Waals surface area contributed by atoms with E-state index in [4.69, 9.17) is 5.73 Å². The molecule has 0 fully saturated rings. The van der Waals surface area contributed by atoms with E-state index in [1.54, 1.807) is 34.2 Å². The molecule has 0 saturated carbocycles. The number of amides is 2. The summed E-state index contributed by atoms with van der Waals surface area (Å²) in [6.07, 6.45) is 0. The topological polar surface area (TPSA) is 103 Å². The van der Waals surface area contributed by atoms with Gasteiger partial charge in [-0.1, -0.05) is 41.6 Å². The molecule has 0 spiro atoms. The van der Waals surface area contributed by atoms with Crippen LogP contribution in [0.1, 0.15) is 15.9 Å². The van der Waals surface area contributed by atoms with Gasteiger partial charge in [0.2, 0.25) is 5.91 Å². The molecule has 2 amide bonds. The summed E-state index contributed by atoms with van der Waals surface area (Å²) in [5.74, 6) is -1.01. The SMILES string of the molecule is Cc1ccc(-n2c(SCC(=O)Nc3sccc3C(N)=O)nnc2-c2ccccc2F)cc1. The van der Waals surface area contributed by atoms with Crippen LogP contribution in [0.25, 0.3) is 17.1 Å². The first kappa shape index (κ1) is 21.7. The maximum absolute atomic E-state index is 14.5. The lowest BCUT2D eigenvalue weighted by molar-refractivity contribution is -0.113. The van der Waals surface area contributed by atoms with Gasteiger partial charge >= 0.3 is 0 Å². The van der Waals surface area contributed by atoms with E-state index in [-0.39, 0.29) is 17.2 Å². The first-order valence-corrected chi connectivity index (χ1v) is 11.4. The number of nitrogens with one attached hydrogen (secondary N) is 1. The number of rotatable bonds is 7. The number of thiophene rings is 1. The van der Waals surface area contributed by atoms with E-state index in [9.17, 15) is 14.0 Å². The third-order valence-corrected chi connectivity index (χ3v) is 6.32. The fraction of sp³-hybridized carbons (Fsp3) is 0.0909. The monoisotopic (exact) mass is 467 g/mol. The van der Waals surface area contributed by atoms with E-state index in [1.165, 1.54) is 17.4 Å². The van der Waals surface area contributed by atoms with Crippen molar-refractivity contribution in [3.05, 3.63) is 76.9 Å². The number of halogens is 1. The molecule has 4 rings (SSSR count). The molecule has 2 aromatic heterocycles. The van der Waals surface area contributed by atoms with Crippen LogP contribution >= 0.6 is 23.1 Å². The predicted octanol–water partition coefficient (Wildman–Crippen LogP) is 4.27. The molecule has 2 aromatic carbocycles. The summed E-state index contributed by atoms with van der Waals surface area (Å²) in [5.41, 5.74) is 7.71. The van der Waals surface area contributed by atoms with Gasteiger partial charge in [0.15, 0.2) is 11.0 Å². The number of carbonyl (C=O) groups is 2. The Morgan fingerprint density at radius 1 is 1.12 bits per heavy atom. The number of hydrogen-bond donors (Lipinski definition) is 2. The minimum Gasteiger partial charge on any atom is -0.366 e. The van der Waals surface area contributed by atoms with Gasteiger partial charge < -0.3 is 11.1 Å². The van der Waals surface area contributed by atoms with Crippen molar-refractivity contribution in [2.45, 2.75) is 12.1 Å².